The standard InChI is InChI=1S/C17H25BO3/c1-15(2,3)14(19)12-8-10-13(11-9-12)18-20-16(4,5)17(6,7)21-18/h8-11H,1-7H3. The van der Waals surface area contributed by atoms with Gasteiger partial charge >= 0.3 is 7.12 Å². The molecule has 2 rings (SSSR count). The Labute approximate surface area is 128 Å². The van der Waals surface area contributed by atoms with Crippen molar-refractivity contribution in [2.45, 2.75) is 59.7 Å². The first kappa shape index (κ1) is 16.2. The van der Waals surface area contributed by atoms with Crippen molar-refractivity contribution in [3.8, 4) is 0 Å². The van der Waals surface area contributed by atoms with Gasteiger partial charge in [0.1, 0.15) is 0 Å². The van der Waals surface area contributed by atoms with E-state index in [1.165, 1.54) is 0 Å². The fourth-order valence-corrected chi connectivity index (χ4v) is 2.20. The van der Waals surface area contributed by atoms with E-state index in [1.54, 1.807) is 0 Å². The Morgan fingerprint density at radius 2 is 1.38 bits per heavy atom. The molecule has 0 N–H and O–H groups in total. The molecule has 0 unspecified atom stereocenters. The number of hydrogen-bond donors (Lipinski definition) is 0. The molecule has 1 aliphatic heterocycles. The zero-order valence-corrected chi connectivity index (χ0v) is 14.1. The van der Waals surface area contributed by atoms with E-state index in [4.69, 9.17) is 9.31 Å². The number of Topliss-reactive ketones (excluding diaryl/α,β-unsaturated/α-hetero) is 1. The third kappa shape index (κ3) is 3.07. The van der Waals surface area contributed by atoms with E-state index in [0.717, 1.165) is 11.0 Å². The fraction of sp³-hybridized carbons (Fsp3) is 0.588. The van der Waals surface area contributed by atoms with Crippen molar-refractivity contribution in [1.29, 1.82) is 0 Å². The molecule has 3 nitrogen and oxygen atoms in total. The minimum atomic E-state index is -0.381. The van der Waals surface area contributed by atoms with Crippen LogP contribution in [0.15, 0.2) is 24.3 Å². The van der Waals surface area contributed by atoms with Gasteiger partial charge in [-0.25, -0.2) is 0 Å². The molecule has 1 saturated heterocycles. The summed E-state index contributed by atoms with van der Waals surface area (Å²) in [6, 6.07) is 7.55. The number of carbonyl (C=O) groups excluding carboxylic acids is 1. The molecule has 0 atom stereocenters. The van der Waals surface area contributed by atoms with Crippen LogP contribution in [0.5, 0.6) is 0 Å². The van der Waals surface area contributed by atoms with Gasteiger partial charge in [0, 0.05) is 11.0 Å². The van der Waals surface area contributed by atoms with E-state index in [-0.39, 0.29) is 29.5 Å². The molecule has 1 fully saturated rings. The van der Waals surface area contributed by atoms with Crippen LogP contribution in [0.25, 0.3) is 0 Å². The molecular weight excluding hydrogens is 263 g/mol. The van der Waals surface area contributed by atoms with Gasteiger partial charge in [-0.2, -0.15) is 0 Å². The van der Waals surface area contributed by atoms with Crippen LogP contribution in [-0.4, -0.2) is 24.1 Å². The highest BCUT2D eigenvalue weighted by molar-refractivity contribution is 6.62. The highest BCUT2D eigenvalue weighted by Gasteiger charge is 2.51. The van der Waals surface area contributed by atoms with E-state index in [9.17, 15) is 4.79 Å². The summed E-state index contributed by atoms with van der Waals surface area (Å²) in [5.74, 6) is 0.142. The van der Waals surface area contributed by atoms with Gasteiger partial charge in [0.25, 0.3) is 0 Å². The maximum atomic E-state index is 12.2. The lowest BCUT2D eigenvalue weighted by Gasteiger charge is -2.32. The largest absolute Gasteiger partial charge is 0.494 e. The minimum Gasteiger partial charge on any atom is -0.399 e. The normalized spacial score (nSPS) is 20.6. The van der Waals surface area contributed by atoms with Gasteiger partial charge in [-0.1, -0.05) is 45.0 Å². The molecule has 1 aromatic carbocycles. The van der Waals surface area contributed by atoms with Gasteiger partial charge in [-0.05, 0) is 33.2 Å². The van der Waals surface area contributed by atoms with Gasteiger partial charge in [-0.3, -0.25) is 4.79 Å². The summed E-state index contributed by atoms with van der Waals surface area (Å²) in [6.45, 7) is 13.9. The Balaban J connectivity index is 2.20. The van der Waals surface area contributed by atoms with Crippen LogP contribution in [0.1, 0.15) is 58.8 Å². The smallest absolute Gasteiger partial charge is 0.399 e. The van der Waals surface area contributed by atoms with E-state index in [0.29, 0.717) is 0 Å². The van der Waals surface area contributed by atoms with Gasteiger partial charge in [0.2, 0.25) is 0 Å². The third-order valence-corrected chi connectivity index (χ3v) is 4.38. The second-order valence-electron chi connectivity index (χ2n) is 7.79. The number of carbonyl (C=O) groups is 1. The van der Waals surface area contributed by atoms with Crippen molar-refractivity contribution in [2.75, 3.05) is 0 Å². The van der Waals surface area contributed by atoms with Crippen molar-refractivity contribution in [2.24, 2.45) is 5.41 Å². The molecule has 21 heavy (non-hydrogen) atoms. The van der Waals surface area contributed by atoms with Crippen molar-refractivity contribution < 1.29 is 14.1 Å². The van der Waals surface area contributed by atoms with Crippen LogP contribution in [-0.2, 0) is 9.31 Å². The monoisotopic (exact) mass is 288 g/mol. The lowest BCUT2D eigenvalue weighted by Crippen LogP contribution is -2.41. The van der Waals surface area contributed by atoms with Crippen molar-refractivity contribution in [1.82, 2.24) is 0 Å². The molecule has 0 amide bonds. The Morgan fingerprint density at radius 1 is 0.952 bits per heavy atom. The van der Waals surface area contributed by atoms with Crippen LogP contribution >= 0.6 is 0 Å². The molecule has 0 bridgehead atoms. The number of rotatable bonds is 2. The zero-order valence-electron chi connectivity index (χ0n) is 14.1. The Kier molecular flexibility index (Phi) is 3.84. The van der Waals surface area contributed by atoms with Crippen LogP contribution in [0, 0.1) is 5.41 Å². The maximum absolute atomic E-state index is 12.2. The molecule has 1 heterocycles. The molecule has 0 radical (unpaired) electrons. The van der Waals surface area contributed by atoms with E-state index in [1.807, 2.05) is 72.7 Å². The third-order valence-electron chi connectivity index (χ3n) is 4.38. The fourth-order valence-electron chi connectivity index (χ4n) is 2.20. The molecule has 0 aromatic heterocycles. The van der Waals surface area contributed by atoms with Gasteiger partial charge < -0.3 is 9.31 Å². The molecule has 1 aromatic rings. The van der Waals surface area contributed by atoms with Crippen LogP contribution < -0.4 is 5.46 Å². The zero-order chi connectivity index (χ0) is 16.1. The van der Waals surface area contributed by atoms with Crippen LogP contribution in [0.4, 0.5) is 0 Å². The lowest BCUT2D eigenvalue weighted by atomic mass is 9.77. The first-order valence-corrected chi connectivity index (χ1v) is 7.44. The summed E-state index contributed by atoms with van der Waals surface area (Å²) in [5, 5.41) is 0. The topological polar surface area (TPSA) is 35.5 Å². The molecule has 0 saturated carbocycles. The van der Waals surface area contributed by atoms with E-state index in [2.05, 4.69) is 0 Å². The SMILES string of the molecule is CC(C)(C)C(=O)c1ccc(B2OC(C)(C)C(C)(C)O2)cc1. The Morgan fingerprint density at radius 3 is 1.76 bits per heavy atom. The average molecular weight is 288 g/mol. The van der Waals surface area contributed by atoms with Crippen molar-refractivity contribution >= 4 is 18.4 Å². The van der Waals surface area contributed by atoms with Crippen LogP contribution in [0.3, 0.4) is 0 Å². The summed E-state index contributed by atoms with van der Waals surface area (Å²) in [6.07, 6.45) is 0. The molecule has 1 aliphatic rings. The highest BCUT2D eigenvalue weighted by atomic mass is 16.7. The molecular formula is C17H25BO3. The average Bonchev–Trinajstić information content (AvgIpc) is 2.57. The number of benzene rings is 1. The molecule has 114 valence electrons. The van der Waals surface area contributed by atoms with E-state index >= 15 is 0 Å². The summed E-state index contributed by atoms with van der Waals surface area (Å²) < 4.78 is 12.0. The summed E-state index contributed by atoms with van der Waals surface area (Å²) in [7, 11) is -0.381. The maximum Gasteiger partial charge on any atom is 0.494 e. The second kappa shape index (κ2) is 4.96. The Hall–Kier alpha value is -1.13. The quantitative estimate of drug-likeness (QED) is 0.619. The first-order chi connectivity index (χ1) is 9.44. The van der Waals surface area contributed by atoms with E-state index < -0.39 is 0 Å². The number of hydrogen-bond acceptors (Lipinski definition) is 3. The van der Waals surface area contributed by atoms with Crippen LogP contribution in [0.2, 0.25) is 0 Å². The van der Waals surface area contributed by atoms with Gasteiger partial charge in [-0.15, -0.1) is 0 Å². The second-order valence-corrected chi connectivity index (χ2v) is 7.79. The Bertz CT molecular complexity index is 522. The van der Waals surface area contributed by atoms with Gasteiger partial charge in [0.15, 0.2) is 5.78 Å². The van der Waals surface area contributed by atoms with Gasteiger partial charge in [0.05, 0.1) is 11.2 Å². The molecule has 0 spiro atoms. The lowest BCUT2D eigenvalue weighted by molar-refractivity contribution is 0.00578. The predicted octanol–water partition coefficient (Wildman–Crippen LogP) is 3.21. The molecule has 0 aliphatic carbocycles. The summed E-state index contributed by atoms with van der Waals surface area (Å²) in [4.78, 5) is 12.2. The van der Waals surface area contributed by atoms with Crippen molar-refractivity contribution in [3.05, 3.63) is 29.8 Å². The first-order valence-electron chi connectivity index (χ1n) is 7.44. The summed E-state index contributed by atoms with van der Waals surface area (Å²) >= 11 is 0. The number of ketones is 1. The summed E-state index contributed by atoms with van der Waals surface area (Å²) in [5.41, 5.74) is 0.600. The molecule has 4 heteroatoms. The highest BCUT2D eigenvalue weighted by Crippen LogP contribution is 2.36. The van der Waals surface area contributed by atoms with Crippen molar-refractivity contribution in [3.63, 3.8) is 0 Å². The predicted molar refractivity (Wildman–Crippen MR) is 85.9 cm³/mol. The minimum absolute atomic E-state index is 0.142.